The maximum Gasteiger partial charge on any atom is 0.433 e. The number of halogens is 4. The van der Waals surface area contributed by atoms with Crippen LogP contribution < -0.4 is 10.1 Å². The first-order valence-corrected chi connectivity index (χ1v) is 14.9. The third kappa shape index (κ3) is 8.96. The van der Waals surface area contributed by atoms with Crippen molar-refractivity contribution in [3.05, 3.63) is 76.6 Å². The van der Waals surface area contributed by atoms with Gasteiger partial charge in [0.05, 0.1) is 30.5 Å². The molecule has 0 spiro atoms. The van der Waals surface area contributed by atoms with Crippen molar-refractivity contribution >= 4 is 29.0 Å². The van der Waals surface area contributed by atoms with E-state index in [0.717, 1.165) is 25.6 Å². The van der Waals surface area contributed by atoms with Crippen LogP contribution in [0.5, 0.6) is 5.75 Å². The molecule has 1 aliphatic rings. The summed E-state index contributed by atoms with van der Waals surface area (Å²) in [6.45, 7) is 7.36. The summed E-state index contributed by atoms with van der Waals surface area (Å²) in [4.78, 5) is 31.3. The summed E-state index contributed by atoms with van der Waals surface area (Å²) >= 11 is 6.31. The summed E-state index contributed by atoms with van der Waals surface area (Å²) in [5.74, 6) is 0.0412. The van der Waals surface area contributed by atoms with E-state index in [1.807, 2.05) is 26.8 Å². The van der Waals surface area contributed by atoms with E-state index in [2.05, 4.69) is 15.2 Å². The van der Waals surface area contributed by atoms with E-state index in [1.54, 1.807) is 24.3 Å². The number of nitriles is 1. The number of nitrogens with one attached hydrogen (secondary N) is 1. The van der Waals surface area contributed by atoms with Crippen molar-refractivity contribution < 1.29 is 32.2 Å². The number of carbonyl (C=O) groups is 2. The fourth-order valence-corrected chi connectivity index (χ4v) is 5.24. The second kappa shape index (κ2) is 14.3. The van der Waals surface area contributed by atoms with Gasteiger partial charge in [-0.15, -0.1) is 0 Å². The van der Waals surface area contributed by atoms with Crippen molar-refractivity contribution in [3.63, 3.8) is 0 Å². The Morgan fingerprint density at radius 1 is 1.13 bits per heavy atom. The molecule has 1 aliphatic heterocycles. The summed E-state index contributed by atoms with van der Waals surface area (Å²) < 4.78 is 50.9. The van der Waals surface area contributed by atoms with Crippen LogP contribution in [0.3, 0.4) is 0 Å². The van der Waals surface area contributed by atoms with Crippen molar-refractivity contribution in [2.24, 2.45) is 0 Å². The number of hydrogen-bond donors (Lipinski definition) is 1. The molecule has 1 atom stereocenters. The fraction of sp³-hybridized carbons (Fsp3) is 0.394. The first-order valence-electron chi connectivity index (χ1n) is 14.5. The summed E-state index contributed by atoms with van der Waals surface area (Å²) in [5.41, 5.74) is -0.845. The number of para-hydroxylation sites is 2. The van der Waals surface area contributed by atoms with Crippen LogP contribution in [0.4, 0.5) is 18.9 Å². The van der Waals surface area contributed by atoms with Gasteiger partial charge in [0.25, 0.3) is 0 Å². The SMILES string of the molecule is CC(C)(C)OC(=O)[C@@H]1CCCN1CCCOc1ccccc1NCC(=O)c1ccc(Cl)c(-c2cnc(C(F)(F)F)cc2C#N)c1. The molecule has 3 aromatic rings. The Labute approximate surface area is 265 Å². The monoisotopic (exact) mass is 642 g/mol. The Morgan fingerprint density at radius 2 is 1.89 bits per heavy atom. The second-order valence-corrected chi connectivity index (χ2v) is 12.0. The maximum absolute atomic E-state index is 13.1. The standard InChI is InChI=1S/C33H34ClF3N4O4/c1-32(2,3)45-31(43)27-9-6-13-41(27)14-7-15-44-29-10-5-4-8-26(29)39-20-28(42)21-11-12-25(34)23(16-21)24-19-40-30(33(35,36)37)17-22(24)18-38/h4-5,8,10-12,16-17,19,27,39H,6-7,9,13-15,20H2,1-3H3/t27-/m0/s1. The molecule has 2 aromatic carbocycles. The molecule has 8 nitrogen and oxygen atoms in total. The minimum Gasteiger partial charge on any atom is -0.491 e. The van der Waals surface area contributed by atoms with E-state index in [1.165, 1.54) is 18.2 Å². The highest BCUT2D eigenvalue weighted by molar-refractivity contribution is 6.33. The largest absolute Gasteiger partial charge is 0.491 e. The van der Waals surface area contributed by atoms with Gasteiger partial charge in [0.15, 0.2) is 5.78 Å². The number of nitrogens with zero attached hydrogens (tertiary/aromatic N) is 3. The number of likely N-dealkylation sites (tertiary alicyclic amines) is 1. The van der Waals surface area contributed by atoms with Crippen LogP contribution >= 0.6 is 11.6 Å². The number of ketones is 1. The van der Waals surface area contributed by atoms with E-state index in [0.29, 0.717) is 37.1 Å². The molecule has 2 heterocycles. The van der Waals surface area contributed by atoms with Gasteiger partial charge >= 0.3 is 12.1 Å². The number of esters is 1. The van der Waals surface area contributed by atoms with E-state index in [-0.39, 0.29) is 51.6 Å². The Morgan fingerprint density at radius 3 is 2.60 bits per heavy atom. The molecule has 238 valence electrons. The Bertz CT molecular complexity index is 1580. The highest BCUT2D eigenvalue weighted by Crippen LogP contribution is 2.35. The van der Waals surface area contributed by atoms with E-state index in [9.17, 15) is 28.0 Å². The average molecular weight is 643 g/mol. The molecule has 1 N–H and O–H groups in total. The highest BCUT2D eigenvalue weighted by Gasteiger charge is 2.34. The zero-order valence-corrected chi connectivity index (χ0v) is 26.0. The summed E-state index contributed by atoms with van der Waals surface area (Å²) in [6.07, 6.45) is -1.39. The number of anilines is 1. The van der Waals surface area contributed by atoms with Crippen molar-refractivity contribution in [3.8, 4) is 22.9 Å². The van der Waals surface area contributed by atoms with Crippen LogP contribution in [0.25, 0.3) is 11.1 Å². The molecule has 1 saturated heterocycles. The molecule has 0 radical (unpaired) electrons. The normalized spacial score (nSPS) is 15.4. The third-order valence-electron chi connectivity index (χ3n) is 7.11. The number of ether oxygens (including phenoxy) is 2. The first kappa shape index (κ1) is 33.7. The molecular weight excluding hydrogens is 609 g/mol. The predicted octanol–water partition coefficient (Wildman–Crippen LogP) is 7.16. The van der Waals surface area contributed by atoms with Crippen molar-refractivity contribution in [2.75, 3.05) is 31.6 Å². The smallest absolute Gasteiger partial charge is 0.433 e. The lowest BCUT2D eigenvalue weighted by Crippen LogP contribution is -2.41. The van der Waals surface area contributed by atoms with Gasteiger partial charge in [-0.1, -0.05) is 23.7 Å². The lowest BCUT2D eigenvalue weighted by molar-refractivity contribution is -0.160. The van der Waals surface area contributed by atoms with Crippen LogP contribution in [0.1, 0.15) is 61.6 Å². The molecule has 0 bridgehead atoms. The number of aromatic nitrogens is 1. The molecule has 0 amide bonds. The molecule has 45 heavy (non-hydrogen) atoms. The van der Waals surface area contributed by atoms with Crippen molar-refractivity contribution in [2.45, 2.75) is 57.9 Å². The lowest BCUT2D eigenvalue weighted by Gasteiger charge is -2.27. The number of Topliss-reactive ketones (excluding diaryl/α,β-unsaturated/α-hetero) is 1. The topological polar surface area (TPSA) is 105 Å². The quantitative estimate of drug-likeness (QED) is 0.133. The van der Waals surface area contributed by atoms with Crippen LogP contribution in [0.15, 0.2) is 54.7 Å². The van der Waals surface area contributed by atoms with E-state index in [4.69, 9.17) is 21.1 Å². The van der Waals surface area contributed by atoms with Gasteiger partial charge < -0.3 is 14.8 Å². The highest BCUT2D eigenvalue weighted by atomic mass is 35.5. The van der Waals surface area contributed by atoms with Gasteiger partial charge in [-0.3, -0.25) is 19.5 Å². The van der Waals surface area contributed by atoms with Gasteiger partial charge in [-0.2, -0.15) is 18.4 Å². The Kier molecular flexibility index (Phi) is 10.7. The lowest BCUT2D eigenvalue weighted by atomic mass is 9.98. The Hall–Kier alpha value is -4.14. The van der Waals surface area contributed by atoms with Crippen LogP contribution in [0, 0.1) is 11.3 Å². The average Bonchev–Trinajstić information content (AvgIpc) is 3.46. The van der Waals surface area contributed by atoms with E-state index >= 15 is 0 Å². The third-order valence-corrected chi connectivity index (χ3v) is 7.44. The number of benzene rings is 2. The number of rotatable bonds is 11. The first-order chi connectivity index (χ1) is 21.3. The van der Waals surface area contributed by atoms with Crippen LogP contribution in [0.2, 0.25) is 5.02 Å². The zero-order valence-electron chi connectivity index (χ0n) is 25.2. The van der Waals surface area contributed by atoms with Crippen molar-refractivity contribution in [1.82, 2.24) is 9.88 Å². The van der Waals surface area contributed by atoms with Crippen LogP contribution in [-0.2, 0) is 15.7 Å². The van der Waals surface area contributed by atoms with Gasteiger partial charge in [-0.05, 0) is 83.0 Å². The maximum atomic E-state index is 13.1. The van der Waals surface area contributed by atoms with Crippen LogP contribution in [-0.4, -0.2) is 59.5 Å². The molecule has 12 heteroatoms. The molecule has 0 unspecified atom stereocenters. The van der Waals surface area contributed by atoms with E-state index < -0.39 is 17.5 Å². The summed E-state index contributed by atoms with van der Waals surface area (Å²) in [6, 6.07) is 13.7. The molecular formula is C33H34ClF3N4O4. The second-order valence-electron chi connectivity index (χ2n) is 11.6. The van der Waals surface area contributed by atoms with Gasteiger partial charge in [0, 0.05) is 34.5 Å². The summed E-state index contributed by atoms with van der Waals surface area (Å²) in [5, 5.41) is 12.7. The van der Waals surface area contributed by atoms with Crippen molar-refractivity contribution in [1.29, 1.82) is 5.26 Å². The van der Waals surface area contributed by atoms with Gasteiger partial charge in [-0.25, -0.2) is 0 Å². The minimum atomic E-state index is -4.71. The number of pyridine rings is 1. The molecule has 1 fully saturated rings. The van der Waals surface area contributed by atoms with Gasteiger partial charge in [0.2, 0.25) is 0 Å². The molecule has 1 aromatic heterocycles. The summed E-state index contributed by atoms with van der Waals surface area (Å²) in [7, 11) is 0. The predicted molar refractivity (Wildman–Crippen MR) is 164 cm³/mol. The zero-order chi connectivity index (χ0) is 32.8. The van der Waals surface area contributed by atoms with Gasteiger partial charge in [0.1, 0.15) is 23.1 Å². The fourth-order valence-electron chi connectivity index (χ4n) is 5.02. The number of hydrogen-bond acceptors (Lipinski definition) is 8. The molecule has 0 aliphatic carbocycles. The molecule has 4 rings (SSSR count). The Balaban J connectivity index is 1.36. The number of alkyl halides is 3. The minimum absolute atomic E-state index is 0.0863. The number of carbonyl (C=O) groups excluding carboxylic acids is 2. The molecule has 0 saturated carbocycles.